The number of ether oxygens (including phenoxy) is 4. The molecule has 4 bridgehead atoms. The van der Waals surface area contributed by atoms with Gasteiger partial charge in [-0.2, -0.15) is 0 Å². The molecule has 2 aliphatic carbocycles. The molecule has 8 heterocycles. The summed E-state index contributed by atoms with van der Waals surface area (Å²) in [5, 5.41) is 5.93. The molecule has 14 nitrogen and oxygen atoms in total. The van der Waals surface area contributed by atoms with E-state index in [2.05, 4.69) is 38.3 Å². The number of rotatable bonds is 11. The van der Waals surface area contributed by atoms with Crippen LogP contribution in [0.3, 0.4) is 0 Å². The predicted molar refractivity (Wildman–Crippen MR) is 266 cm³/mol. The van der Waals surface area contributed by atoms with Gasteiger partial charge in [0, 0.05) is 53.8 Å². The van der Waals surface area contributed by atoms with Crippen molar-refractivity contribution in [1.82, 2.24) is 0 Å². The number of fused-ring (bicyclic) bond motifs is 4. The predicted octanol–water partition coefficient (Wildman–Crippen LogP) is 10.9. The van der Waals surface area contributed by atoms with Gasteiger partial charge in [0.1, 0.15) is 0 Å². The highest BCUT2D eigenvalue weighted by Gasteiger charge is 2.70. The van der Waals surface area contributed by atoms with E-state index in [1.54, 1.807) is 54.2 Å². The van der Waals surface area contributed by atoms with E-state index in [1.807, 2.05) is 44.4 Å². The van der Waals surface area contributed by atoms with Gasteiger partial charge in [0.25, 0.3) is 0 Å². The van der Waals surface area contributed by atoms with Crippen LogP contribution in [0.25, 0.3) is 0 Å². The summed E-state index contributed by atoms with van der Waals surface area (Å²) in [6, 6.07) is 22.5. The van der Waals surface area contributed by atoms with Crippen molar-refractivity contribution in [2.75, 3.05) is 16.9 Å². The van der Waals surface area contributed by atoms with E-state index in [0.29, 0.717) is 54.5 Å². The standard InChI is InChI=1S/C30H37NO7S.C25H35NO5S/c1-19-9-14-25-20(2)26(35-28-30(25)24(19)17-18-29(3,36-28)37-38-30)15-16-27(32)31-21-10-12-23(13-11-21)39(33,34)22-7-5-4-6-8-22;1-15-8-9-20-16(2)21(10-11-22(27)26-17-6-5-7-18(14-17)32-4)28-23-25(20)19(15)12-13-24(3,29-23)30-31-25/h4-8,10-13,19-20,24-26,28H,9,14-18H2,1-3H3,(H,31,32);5-7,14-16,19-21,23H,8-13H2,1-4H3,(H,26,27)/t19-,20-,24+,25+,26-,28-,29-,30-;15-,16-,19+,20+,21-,23-,24-,25-/m11/s1. The van der Waals surface area contributed by atoms with Crippen LogP contribution in [0.1, 0.15) is 119 Å². The average Bonchev–Trinajstić information content (AvgIpc) is 3.74. The number of carbonyl (C=O) groups is 2. The van der Waals surface area contributed by atoms with Gasteiger partial charge in [0.15, 0.2) is 23.8 Å². The maximum Gasteiger partial charge on any atom is 0.224 e. The third-order valence-corrected chi connectivity index (χ3v) is 20.3. The van der Waals surface area contributed by atoms with Gasteiger partial charge < -0.3 is 29.6 Å². The van der Waals surface area contributed by atoms with Gasteiger partial charge in [-0.3, -0.25) is 9.59 Å². The highest BCUT2D eigenvalue weighted by atomic mass is 32.2. The maximum absolute atomic E-state index is 12.9. The molecule has 2 N–H and O–H groups in total. The van der Waals surface area contributed by atoms with Crippen molar-refractivity contribution in [3.05, 3.63) is 78.9 Å². The second kappa shape index (κ2) is 20.0. The number of hydrogen-bond donors (Lipinski definition) is 2. The summed E-state index contributed by atoms with van der Waals surface area (Å²) in [7, 11) is -3.61. The molecule has 0 aromatic heterocycles. The molecule has 2 amide bonds. The molecule has 16 heteroatoms. The van der Waals surface area contributed by atoms with Crippen LogP contribution in [-0.4, -0.2) is 74.1 Å². The summed E-state index contributed by atoms with van der Waals surface area (Å²) in [6.45, 7) is 12.9. The zero-order valence-corrected chi connectivity index (χ0v) is 43.8. The van der Waals surface area contributed by atoms with Crippen LogP contribution >= 0.6 is 11.8 Å². The van der Waals surface area contributed by atoms with E-state index < -0.39 is 45.2 Å². The Balaban J connectivity index is 0.000000167. The molecule has 0 unspecified atom stereocenters. The largest absolute Gasteiger partial charge is 0.346 e. The molecule has 2 spiro atoms. The van der Waals surface area contributed by atoms with Crippen LogP contribution in [0.4, 0.5) is 11.4 Å². The Kier molecular flexibility index (Phi) is 14.4. The Morgan fingerprint density at radius 2 is 1.08 bits per heavy atom. The Labute approximate surface area is 423 Å². The number of anilines is 2. The van der Waals surface area contributed by atoms with Gasteiger partial charge in [0.05, 0.1) is 22.0 Å². The summed E-state index contributed by atoms with van der Waals surface area (Å²) >= 11 is 1.66. The van der Waals surface area contributed by atoms with Crippen LogP contribution in [0, 0.1) is 47.3 Å². The molecule has 8 aliphatic heterocycles. The molecule has 386 valence electrons. The fourth-order valence-corrected chi connectivity index (χ4v) is 15.5. The fourth-order valence-electron chi connectivity index (χ4n) is 13.8. The van der Waals surface area contributed by atoms with Crippen LogP contribution in [-0.2, 0) is 57.9 Å². The monoisotopic (exact) mass is 1020 g/mol. The normalized spacial score (nSPS) is 39.9. The third-order valence-electron chi connectivity index (χ3n) is 17.8. The summed E-state index contributed by atoms with van der Waals surface area (Å²) in [4.78, 5) is 51.3. The van der Waals surface area contributed by atoms with E-state index in [1.165, 1.54) is 18.6 Å². The molecular formula is C55H72N2O12S2. The molecule has 10 aliphatic rings. The lowest BCUT2D eigenvalue weighted by Crippen LogP contribution is -2.70. The second-order valence-corrected chi connectivity index (χ2v) is 25.0. The van der Waals surface area contributed by atoms with Crippen molar-refractivity contribution in [2.24, 2.45) is 47.3 Å². The molecule has 13 rings (SSSR count). The van der Waals surface area contributed by atoms with Gasteiger partial charge in [-0.1, -0.05) is 52.0 Å². The smallest absolute Gasteiger partial charge is 0.224 e. The van der Waals surface area contributed by atoms with Crippen molar-refractivity contribution >= 4 is 44.8 Å². The van der Waals surface area contributed by atoms with Crippen LogP contribution in [0.15, 0.2) is 93.5 Å². The van der Waals surface area contributed by atoms with Crippen LogP contribution in [0.5, 0.6) is 0 Å². The van der Waals surface area contributed by atoms with Crippen LogP contribution < -0.4 is 10.6 Å². The van der Waals surface area contributed by atoms with E-state index >= 15 is 0 Å². The van der Waals surface area contributed by atoms with E-state index in [9.17, 15) is 18.0 Å². The highest BCUT2D eigenvalue weighted by Crippen LogP contribution is 2.62. The van der Waals surface area contributed by atoms with Gasteiger partial charge in [0.2, 0.25) is 33.2 Å². The molecule has 3 aromatic rings. The minimum atomic E-state index is -3.61. The third kappa shape index (κ3) is 9.54. The first-order valence-corrected chi connectivity index (χ1v) is 28.7. The molecule has 8 saturated heterocycles. The molecule has 2 saturated carbocycles. The van der Waals surface area contributed by atoms with E-state index in [4.69, 9.17) is 38.5 Å². The zero-order valence-electron chi connectivity index (χ0n) is 42.1. The molecule has 10 fully saturated rings. The molecule has 71 heavy (non-hydrogen) atoms. The average molecular weight is 1020 g/mol. The minimum absolute atomic E-state index is 0.0179. The SMILES string of the molecule is CSc1cccc(NC(=O)CC[C@H]2O[C@@H]3O[C@@]4(C)CC[C@H]5[C@H](C)CC[C@@H]([C@H]2C)[C@@]35OO4)c1.C[C@H]1[C@@H](CCC(=O)Nc2ccc(S(=O)(=O)c3ccccc3)cc2)O[C@@H]2O[C@@]3(C)CC[C@H]4[C@H](C)CC[C@@H]1[C@@]24OO3. The number of thioether (sulfide) groups is 1. The van der Waals surface area contributed by atoms with Crippen molar-refractivity contribution in [3.8, 4) is 0 Å². The number of nitrogens with one attached hydrogen (secondary N) is 2. The molecule has 16 atom stereocenters. The lowest BCUT2D eigenvalue weighted by Gasteiger charge is -2.60. The first kappa shape index (κ1) is 51.1. The first-order valence-electron chi connectivity index (χ1n) is 26.0. The zero-order chi connectivity index (χ0) is 49.9. The Bertz CT molecular complexity index is 2520. The Hall–Kier alpha value is -3.42. The van der Waals surface area contributed by atoms with Gasteiger partial charge in [-0.05, 0) is 162 Å². The van der Waals surface area contributed by atoms with E-state index in [0.717, 1.165) is 55.5 Å². The lowest BCUT2D eigenvalue weighted by molar-refractivity contribution is -0.571. The van der Waals surface area contributed by atoms with E-state index in [-0.39, 0.29) is 58.0 Å². The summed E-state index contributed by atoms with van der Waals surface area (Å²) in [6.07, 6.45) is 10.8. The fraction of sp³-hybridized carbons (Fsp3) is 0.636. The van der Waals surface area contributed by atoms with Crippen molar-refractivity contribution in [1.29, 1.82) is 0 Å². The van der Waals surface area contributed by atoms with Gasteiger partial charge in [-0.15, -0.1) is 11.8 Å². The first-order chi connectivity index (χ1) is 34.0. The molecular weight excluding hydrogens is 945 g/mol. The quantitative estimate of drug-likeness (QED) is 0.138. The van der Waals surface area contributed by atoms with Crippen molar-refractivity contribution < 1.29 is 56.5 Å². The summed E-state index contributed by atoms with van der Waals surface area (Å²) in [5.74, 6) is 1.01. The second-order valence-electron chi connectivity index (χ2n) is 22.1. The number of sulfone groups is 1. The summed E-state index contributed by atoms with van der Waals surface area (Å²) < 4.78 is 51.6. The van der Waals surface area contributed by atoms with Crippen LogP contribution in [0.2, 0.25) is 0 Å². The minimum Gasteiger partial charge on any atom is -0.346 e. The number of hydrogen-bond acceptors (Lipinski definition) is 13. The van der Waals surface area contributed by atoms with Crippen molar-refractivity contribution in [3.63, 3.8) is 0 Å². The van der Waals surface area contributed by atoms with Gasteiger partial charge in [-0.25, -0.2) is 28.0 Å². The number of benzene rings is 3. The number of carbonyl (C=O) groups excluding carboxylic acids is 2. The maximum atomic E-state index is 12.9. The highest BCUT2D eigenvalue weighted by molar-refractivity contribution is 7.98. The summed E-state index contributed by atoms with van der Waals surface area (Å²) in [5.41, 5.74) is 0.249. The number of amides is 2. The molecule has 0 radical (unpaired) electrons. The Morgan fingerprint density at radius 1 is 0.592 bits per heavy atom. The van der Waals surface area contributed by atoms with Gasteiger partial charge >= 0.3 is 0 Å². The Morgan fingerprint density at radius 3 is 1.59 bits per heavy atom. The lowest BCUT2D eigenvalue weighted by atomic mass is 9.57. The van der Waals surface area contributed by atoms with Crippen molar-refractivity contribution in [2.45, 2.75) is 181 Å². The topological polar surface area (TPSA) is 166 Å². The molecule has 3 aromatic carbocycles.